The molecule has 0 aromatic carbocycles. The number of allylic oxidation sites excluding steroid dienone is 1. The molecule has 4 nitrogen and oxygen atoms in total. The van der Waals surface area contributed by atoms with Crippen molar-refractivity contribution in [3.63, 3.8) is 0 Å². The standard InChI is InChI=1S/C10H14O4/c1-7(6-11)9(13-4)10(14-5)8(2)12-3/h6H,1-2H2,3-5H3/b10-9-. The van der Waals surface area contributed by atoms with Crippen LogP contribution in [0.4, 0.5) is 0 Å². The summed E-state index contributed by atoms with van der Waals surface area (Å²) in [5.41, 5.74) is 0.169. The molecule has 0 rings (SSSR count). The minimum absolute atomic E-state index is 0.169. The maximum Gasteiger partial charge on any atom is 0.203 e. The molecule has 0 bridgehead atoms. The van der Waals surface area contributed by atoms with Crippen molar-refractivity contribution in [2.45, 2.75) is 0 Å². The predicted molar refractivity (Wildman–Crippen MR) is 52.4 cm³/mol. The van der Waals surface area contributed by atoms with Gasteiger partial charge < -0.3 is 14.2 Å². The number of carbonyl (C=O) groups excluding carboxylic acids is 1. The van der Waals surface area contributed by atoms with Crippen molar-refractivity contribution >= 4 is 6.29 Å². The summed E-state index contributed by atoms with van der Waals surface area (Å²) < 4.78 is 14.8. The molecule has 78 valence electrons. The van der Waals surface area contributed by atoms with Gasteiger partial charge in [-0.2, -0.15) is 0 Å². The van der Waals surface area contributed by atoms with Crippen molar-refractivity contribution < 1.29 is 19.0 Å². The second-order valence-corrected chi connectivity index (χ2v) is 2.34. The van der Waals surface area contributed by atoms with E-state index in [9.17, 15) is 4.79 Å². The summed E-state index contributed by atoms with van der Waals surface area (Å²) >= 11 is 0. The third-order valence-electron chi connectivity index (χ3n) is 1.55. The summed E-state index contributed by atoms with van der Waals surface area (Å²) in [5, 5.41) is 0. The first-order chi connectivity index (χ1) is 6.62. The number of rotatable bonds is 6. The first-order valence-electron chi connectivity index (χ1n) is 3.82. The monoisotopic (exact) mass is 198 g/mol. The Morgan fingerprint density at radius 2 is 1.50 bits per heavy atom. The van der Waals surface area contributed by atoms with Gasteiger partial charge in [0.1, 0.15) is 0 Å². The molecule has 0 fully saturated rings. The van der Waals surface area contributed by atoms with Crippen LogP contribution in [-0.2, 0) is 19.0 Å². The van der Waals surface area contributed by atoms with Crippen molar-refractivity contribution in [2.24, 2.45) is 0 Å². The Labute approximate surface area is 83.5 Å². The molecular formula is C10H14O4. The highest BCUT2D eigenvalue weighted by Crippen LogP contribution is 2.19. The van der Waals surface area contributed by atoms with Gasteiger partial charge in [0.25, 0.3) is 0 Å². The molecule has 4 heteroatoms. The highest BCUT2D eigenvalue weighted by Gasteiger charge is 2.14. The van der Waals surface area contributed by atoms with E-state index in [0.717, 1.165) is 0 Å². The summed E-state index contributed by atoms with van der Waals surface area (Å²) in [6, 6.07) is 0. The topological polar surface area (TPSA) is 44.8 Å². The number of aldehydes is 1. The third kappa shape index (κ3) is 2.65. The van der Waals surface area contributed by atoms with Crippen LogP contribution in [0.5, 0.6) is 0 Å². The van der Waals surface area contributed by atoms with Crippen molar-refractivity contribution in [1.82, 2.24) is 0 Å². The van der Waals surface area contributed by atoms with Crippen LogP contribution in [0.2, 0.25) is 0 Å². The molecule has 0 radical (unpaired) electrons. The fraction of sp³-hybridized carbons (Fsp3) is 0.300. The quantitative estimate of drug-likeness (QED) is 0.280. The maximum atomic E-state index is 10.5. The summed E-state index contributed by atoms with van der Waals surface area (Å²) in [7, 11) is 4.28. The molecule has 0 saturated heterocycles. The zero-order valence-corrected chi connectivity index (χ0v) is 8.62. The third-order valence-corrected chi connectivity index (χ3v) is 1.55. The Kier molecular flexibility index (Phi) is 5.14. The van der Waals surface area contributed by atoms with Gasteiger partial charge in [0.2, 0.25) is 5.76 Å². The maximum absolute atomic E-state index is 10.5. The van der Waals surface area contributed by atoms with Crippen LogP contribution in [-0.4, -0.2) is 27.6 Å². The van der Waals surface area contributed by atoms with Crippen molar-refractivity contribution in [3.8, 4) is 0 Å². The van der Waals surface area contributed by atoms with Crippen molar-refractivity contribution in [3.05, 3.63) is 36.0 Å². The van der Waals surface area contributed by atoms with Gasteiger partial charge in [-0.15, -0.1) is 0 Å². The Hall–Kier alpha value is -1.71. The molecule has 0 aromatic heterocycles. The van der Waals surface area contributed by atoms with E-state index >= 15 is 0 Å². The number of methoxy groups -OCH3 is 3. The van der Waals surface area contributed by atoms with Crippen molar-refractivity contribution in [2.75, 3.05) is 21.3 Å². The summed E-state index contributed by atoms with van der Waals surface area (Å²) in [6.07, 6.45) is 0.570. The van der Waals surface area contributed by atoms with E-state index in [1.165, 1.54) is 21.3 Å². The lowest BCUT2D eigenvalue weighted by atomic mass is 10.2. The molecule has 14 heavy (non-hydrogen) atoms. The Morgan fingerprint density at radius 3 is 1.79 bits per heavy atom. The predicted octanol–water partition coefficient (Wildman–Crippen LogP) is 1.41. The summed E-state index contributed by atoms with van der Waals surface area (Å²) in [5.74, 6) is 0.744. The first-order valence-corrected chi connectivity index (χ1v) is 3.82. The Morgan fingerprint density at radius 1 is 1.00 bits per heavy atom. The zero-order chi connectivity index (χ0) is 11.1. The minimum Gasteiger partial charge on any atom is -0.493 e. The Balaban J connectivity index is 5.21. The molecule has 0 heterocycles. The molecule has 0 aliphatic heterocycles. The number of hydrogen-bond donors (Lipinski definition) is 0. The Bertz CT molecular complexity index is 276. The molecule has 0 N–H and O–H groups in total. The van der Waals surface area contributed by atoms with Gasteiger partial charge >= 0.3 is 0 Å². The van der Waals surface area contributed by atoms with Gasteiger partial charge in [0.05, 0.1) is 26.9 Å². The molecule has 0 aliphatic rings. The molecule has 0 saturated carbocycles. The lowest BCUT2D eigenvalue weighted by Gasteiger charge is -2.13. The second kappa shape index (κ2) is 5.85. The van der Waals surface area contributed by atoms with Gasteiger partial charge in [0, 0.05) is 0 Å². The largest absolute Gasteiger partial charge is 0.493 e. The van der Waals surface area contributed by atoms with E-state index in [0.29, 0.717) is 6.29 Å². The van der Waals surface area contributed by atoms with E-state index in [2.05, 4.69) is 13.2 Å². The molecular weight excluding hydrogens is 184 g/mol. The lowest BCUT2D eigenvalue weighted by Crippen LogP contribution is -2.04. The van der Waals surface area contributed by atoms with Crippen LogP contribution in [0.3, 0.4) is 0 Å². The van der Waals surface area contributed by atoms with E-state index in [1.807, 2.05) is 0 Å². The van der Waals surface area contributed by atoms with E-state index in [1.54, 1.807) is 0 Å². The number of carbonyl (C=O) groups is 1. The molecule has 0 atom stereocenters. The average molecular weight is 198 g/mol. The second-order valence-electron chi connectivity index (χ2n) is 2.34. The van der Waals surface area contributed by atoms with Crippen LogP contribution in [0, 0.1) is 0 Å². The molecule has 0 amide bonds. The fourth-order valence-electron chi connectivity index (χ4n) is 0.849. The van der Waals surface area contributed by atoms with Crippen LogP contribution in [0.25, 0.3) is 0 Å². The van der Waals surface area contributed by atoms with Crippen LogP contribution in [0.1, 0.15) is 0 Å². The highest BCUT2D eigenvalue weighted by molar-refractivity contribution is 5.78. The zero-order valence-electron chi connectivity index (χ0n) is 8.62. The van der Waals surface area contributed by atoms with Gasteiger partial charge in [-0.25, -0.2) is 0 Å². The van der Waals surface area contributed by atoms with Gasteiger partial charge in [-0.05, 0) is 0 Å². The SMILES string of the molecule is C=C(C=O)/C(OC)=C(/OC)C(=C)OC. The number of ether oxygens (including phenoxy) is 3. The number of hydrogen-bond acceptors (Lipinski definition) is 4. The van der Waals surface area contributed by atoms with E-state index < -0.39 is 0 Å². The molecule has 0 aliphatic carbocycles. The van der Waals surface area contributed by atoms with Crippen molar-refractivity contribution in [1.29, 1.82) is 0 Å². The van der Waals surface area contributed by atoms with Gasteiger partial charge in [-0.1, -0.05) is 13.2 Å². The molecule has 0 aromatic rings. The van der Waals surface area contributed by atoms with Gasteiger partial charge in [0.15, 0.2) is 17.8 Å². The van der Waals surface area contributed by atoms with Crippen LogP contribution >= 0.6 is 0 Å². The first kappa shape index (κ1) is 12.3. The van der Waals surface area contributed by atoms with Gasteiger partial charge in [-0.3, -0.25) is 4.79 Å². The average Bonchev–Trinajstić information content (AvgIpc) is 2.23. The normalized spacial score (nSPS) is 11.1. The fourth-order valence-corrected chi connectivity index (χ4v) is 0.849. The molecule has 0 unspecified atom stereocenters. The van der Waals surface area contributed by atoms with Crippen LogP contribution in [0.15, 0.2) is 36.0 Å². The summed E-state index contributed by atoms with van der Waals surface area (Å²) in [6.45, 7) is 7.09. The van der Waals surface area contributed by atoms with E-state index in [4.69, 9.17) is 14.2 Å². The summed E-state index contributed by atoms with van der Waals surface area (Å²) in [4.78, 5) is 10.5. The molecule has 0 spiro atoms. The van der Waals surface area contributed by atoms with Crippen LogP contribution < -0.4 is 0 Å². The smallest absolute Gasteiger partial charge is 0.203 e. The lowest BCUT2D eigenvalue weighted by molar-refractivity contribution is -0.105. The highest BCUT2D eigenvalue weighted by atomic mass is 16.5. The minimum atomic E-state index is 0.169. The van der Waals surface area contributed by atoms with E-state index in [-0.39, 0.29) is 22.9 Å².